The van der Waals surface area contributed by atoms with E-state index in [1.165, 1.54) is 12.1 Å². The molecule has 6 rings (SSSR count). The van der Waals surface area contributed by atoms with Crippen LogP contribution in [0.1, 0.15) is 40.1 Å². The number of rotatable bonds is 6. The van der Waals surface area contributed by atoms with Gasteiger partial charge in [0.2, 0.25) is 0 Å². The molecule has 38 heavy (non-hydrogen) atoms. The quantitative estimate of drug-likeness (QED) is 0.345. The fourth-order valence-electron chi connectivity index (χ4n) is 4.36. The van der Waals surface area contributed by atoms with Gasteiger partial charge in [-0.25, -0.2) is 18.9 Å². The van der Waals surface area contributed by atoms with Crippen LogP contribution in [0.2, 0.25) is 0 Å². The van der Waals surface area contributed by atoms with Crippen LogP contribution in [0.4, 0.5) is 4.39 Å². The van der Waals surface area contributed by atoms with E-state index in [4.69, 9.17) is 0 Å². The van der Waals surface area contributed by atoms with E-state index >= 15 is 4.39 Å². The third kappa shape index (κ3) is 4.57. The number of fused-ring (bicyclic) bond motifs is 2. The average Bonchev–Trinajstić information content (AvgIpc) is 3.35. The lowest BCUT2D eigenvalue weighted by atomic mass is 10.1. The zero-order valence-corrected chi connectivity index (χ0v) is 20.4. The molecule has 9 heteroatoms. The molecule has 186 valence electrons. The summed E-state index contributed by atoms with van der Waals surface area (Å²) in [5, 5.41) is 8.54. The maximum absolute atomic E-state index is 15.0. The number of hydrogen-bond acceptors (Lipinski definition) is 6. The number of halogens is 1. The van der Waals surface area contributed by atoms with Crippen molar-refractivity contribution in [3.8, 4) is 11.3 Å². The molecule has 8 nitrogen and oxygen atoms in total. The normalized spacial score (nSPS) is 12.1. The third-order valence-electron chi connectivity index (χ3n) is 6.39. The highest BCUT2D eigenvalue weighted by Gasteiger charge is 2.17. The third-order valence-corrected chi connectivity index (χ3v) is 6.39. The second-order valence-corrected chi connectivity index (χ2v) is 8.99. The lowest BCUT2D eigenvalue weighted by Crippen LogP contribution is -2.27. The van der Waals surface area contributed by atoms with Crippen LogP contribution in [0, 0.1) is 5.82 Å². The van der Waals surface area contributed by atoms with Crippen molar-refractivity contribution in [3.05, 3.63) is 120 Å². The van der Waals surface area contributed by atoms with Gasteiger partial charge in [-0.2, -0.15) is 5.10 Å². The maximum atomic E-state index is 15.0. The maximum Gasteiger partial charge on any atom is 0.254 e. The van der Waals surface area contributed by atoms with Gasteiger partial charge in [0, 0.05) is 36.0 Å². The molecule has 1 amide bonds. The zero-order chi connectivity index (χ0) is 26.1. The van der Waals surface area contributed by atoms with E-state index in [0.717, 1.165) is 27.7 Å². The first-order chi connectivity index (χ1) is 18.5. The first-order valence-corrected chi connectivity index (χ1v) is 12.1. The molecule has 4 heterocycles. The summed E-state index contributed by atoms with van der Waals surface area (Å²) >= 11 is 0. The first kappa shape index (κ1) is 23.4. The molecule has 6 aromatic rings. The molecule has 0 aliphatic heterocycles. The highest BCUT2D eigenvalue weighted by molar-refractivity contribution is 5.95. The van der Waals surface area contributed by atoms with Gasteiger partial charge in [0.05, 0.1) is 35.2 Å². The predicted molar refractivity (Wildman–Crippen MR) is 141 cm³/mol. The molecule has 1 unspecified atom stereocenters. The van der Waals surface area contributed by atoms with E-state index < -0.39 is 11.7 Å². The van der Waals surface area contributed by atoms with Crippen molar-refractivity contribution >= 4 is 22.6 Å². The van der Waals surface area contributed by atoms with Crippen LogP contribution in [0.3, 0.4) is 0 Å². The van der Waals surface area contributed by atoms with E-state index in [1.54, 1.807) is 47.6 Å². The number of benzene rings is 2. The van der Waals surface area contributed by atoms with E-state index in [9.17, 15) is 4.79 Å². The van der Waals surface area contributed by atoms with E-state index in [0.29, 0.717) is 23.5 Å². The minimum absolute atomic E-state index is 0.0485. The summed E-state index contributed by atoms with van der Waals surface area (Å²) in [6.45, 7) is 1.82. The molecule has 0 saturated carbocycles. The monoisotopic (exact) mass is 503 g/mol. The summed E-state index contributed by atoms with van der Waals surface area (Å²) in [5.74, 6) is -0.697. The molecule has 1 atom stereocenters. The predicted octanol–water partition coefficient (Wildman–Crippen LogP) is 4.96. The standard InChI is InChI=1S/C29H22FN7O/c1-18(22-5-2-10-31-15-22)35-28(38)24-8-7-21(14-25(24)30)27-17-34-29-33-16-23(37(29)36-27)13-19-6-9-26-20(12-19)4-3-11-32-26/h2-12,14-18H,13H2,1H3,(H,35,38). The van der Waals surface area contributed by atoms with Crippen molar-refractivity contribution in [3.63, 3.8) is 0 Å². The summed E-state index contributed by atoms with van der Waals surface area (Å²) in [6.07, 6.45) is 8.98. The van der Waals surface area contributed by atoms with Gasteiger partial charge in [-0.3, -0.25) is 14.8 Å². The van der Waals surface area contributed by atoms with Gasteiger partial charge in [-0.1, -0.05) is 24.3 Å². The van der Waals surface area contributed by atoms with Crippen molar-refractivity contribution in [1.29, 1.82) is 0 Å². The van der Waals surface area contributed by atoms with E-state index in [2.05, 4.69) is 36.4 Å². The Kier molecular flexibility index (Phi) is 6.01. The number of carbonyl (C=O) groups is 1. The Morgan fingerprint density at radius 2 is 1.84 bits per heavy atom. The SMILES string of the molecule is CC(NC(=O)c1ccc(-c2cnc3ncc(Cc4ccc5ncccc5c4)n3n2)cc1F)c1cccnc1. The second kappa shape index (κ2) is 9.78. The van der Waals surface area contributed by atoms with Crippen molar-refractivity contribution in [2.75, 3.05) is 0 Å². The summed E-state index contributed by atoms with van der Waals surface area (Å²) in [4.78, 5) is 29.9. The fourth-order valence-corrected chi connectivity index (χ4v) is 4.36. The number of hydrogen-bond donors (Lipinski definition) is 1. The van der Waals surface area contributed by atoms with Crippen LogP contribution in [-0.2, 0) is 6.42 Å². The van der Waals surface area contributed by atoms with Crippen molar-refractivity contribution in [1.82, 2.24) is 34.9 Å². The van der Waals surface area contributed by atoms with Crippen molar-refractivity contribution in [2.45, 2.75) is 19.4 Å². The summed E-state index contributed by atoms with van der Waals surface area (Å²) in [7, 11) is 0. The molecule has 1 N–H and O–H groups in total. The first-order valence-electron chi connectivity index (χ1n) is 12.1. The Balaban J connectivity index is 1.25. The summed E-state index contributed by atoms with van der Waals surface area (Å²) in [6, 6.07) is 17.8. The molecule has 0 fully saturated rings. The number of pyridine rings is 2. The number of carbonyl (C=O) groups excluding carboxylic acids is 1. The lowest BCUT2D eigenvalue weighted by Gasteiger charge is -2.14. The van der Waals surface area contributed by atoms with Crippen LogP contribution in [0.15, 0.2) is 91.6 Å². The Labute approximate surface area is 217 Å². The highest BCUT2D eigenvalue weighted by atomic mass is 19.1. The van der Waals surface area contributed by atoms with Crippen LogP contribution in [0.25, 0.3) is 27.9 Å². The lowest BCUT2D eigenvalue weighted by molar-refractivity contribution is 0.0936. The van der Waals surface area contributed by atoms with Crippen molar-refractivity contribution in [2.24, 2.45) is 0 Å². The Morgan fingerprint density at radius 1 is 0.974 bits per heavy atom. The van der Waals surface area contributed by atoms with Gasteiger partial charge < -0.3 is 5.32 Å². The molecule has 0 saturated heterocycles. The molecule has 0 radical (unpaired) electrons. The number of nitrogens with zero attached hydrogens (tertiary/aromatic N) is 6. The van der Waals surface area contributed by atoms with Gasteiger partial charge in [0.1, 0.15) is 11.5 Å². The van der Waals surface area contributed by atoms with Crippen LogP contribution in [-0.4, -0.2) is 35.5 Å². The highest BCUT2D eigenvalue weighted by Crippen LogP contribution is 2.22. The summed E-state index contributed by atoms with van der Waals surface area (Å²) in [5.41, 5.74) is 4.62. The van der Waals surface area contributed by atoms with Gasteiger partial charge in [0.15, 0.2) is 0 Å². The van der Waals surface area contributed by atoms with Gasteiger partial charge >= 0.3 is 0 Å². The molecule has 4 aromatic heterocycles. The van der Waals surface area contributed by atoms with Gasteiger partial charge in [0.25, 0.3) is 11.7 Å². The number of nitrogens with one attached hydrogen (secondary N) is 1. The largest absolute Gasteiger partial charge is 0.345 e. The van der Waals surface area contributed by atoms with Crippen LogP contribution in [0.5, 0.6) is 0 Å². The smallest absolute Gasteiger partial charge is 0.254 e. The second-order valence-electron chi connectivity index (χ2n) is 8.99. The molecule has 0 aliphatic rings. The number of imidazole rings is 1. The zero-order valence-electron chi connectivity index (χ0n) is 20.4. The van der Waals surface area contributed by atoms with Gasteiger partial charge in [-0.05, 0) is 54.4 Å². The molecule has 2 aromatic carbocycles. The molecule has 0 aliphatic carbocycles. The van der Waals surface area contributed by atoms with Gasteiger partial charge in [-0.15, -0.1) is 0 Å². The average molecular weight is 504 g/mol. The van der Waals surface area contributed by atoms with Crippen molar-refractivity contribution < 1.29 is 9.18 Å². The Morgan fingerprint density at radius 3 is 2.68 bits per heavy atom. The molecular formula is C29H22FN7O. The van der Waals surface area contributed by atoms with Crippen LogP contribution >= 0.6 is 0 Å². The van der Waals surface area contributed by atoms with E-state index in [1.807, 2.05) is 37.3 Å². The minimum atomic E-state index is -0.643. The number of aromatic nitrogens is 6. The molecule has 0 spiro atoms. The minimum Gasteiger partial charge on any atom is -0.345 e. The van der Waals surface area contributed by atoms with E-state index in [-0.39, 0.29) is 11.6 Å². The Hall–Kier alpha value is -5.05. The summed E-state index contributed by atoms with van der Waals surface area (Å²) < 4.78 is 16.7. The topological polar surface area (TPSA) is 98.0 Å². The molecular weight excluding hydrogens is 481 g/mol. The fraction of sp³-hybridized carbons (Fsp3) is 0.103. The Bertz CT molecular complexity index is 1790. The number of amides is 1. The molecule has 0 bridgehead atoms. The van der Waals surface area contributed by atoms with Crippen LogP contribution < -0.4 is 5.32 Å².